The maximum absolute atomic E-state index is 2.46. The summed E-state index contributed by atoms with van der Waals surface area (Å²) in [6.07, 6.45) is 0. The third-order valence-corrected chi connectivity index (χ3v) is 15.2. The molecule has 0 amide bonds. The van der Waals surface area contributed by atoms with E-state index in [1.807, 2.05) is 0 Å². The van der Waals surface area contributed by atoms with Gasteiger partial charge in [0.05, 0.1) is 27.5 Å². The van der Waals surface area contributed by atoms with Gasteiger partial charge in [0.1, 0.15) is 0 Å². The number of hydrogen-bond donors (Lipinski definition) is 0. The SMILES string of the molecule is C[Si](C)(C)c1ccc(N(c2ccccc2)c2ccc3c4ccccc4c4c(N(c5ccccc5)c5ccc([Si](C)(C)C)cc5)ccc5ccc2c3c54)cc1. The molecule has 0 aliphatic rings. The number of rotatable bonds is 8. The van der Waals surface area contributed by atoms with Gasteiger partial charge in [-0.3, -0.25) is 0 Å². The normalized spacial score (nSPS) is 12.3. The second-order valence-electron chi connectivity index (χ2n) is 16.7. The molecule has 9 aromatic rings. The Hall–Kier alpha value is -5.69. The molecular weight excluding hydrogens is 685 g/mol. The highest BCUT2D eigenvalue weighted by Gasteiger charge is 2.25. The lowest BCUT2D eigenvalue weighted by molar-refractivity contribution is 1.30. The first kappa shape index (κ1) is 34.1. The van der Waals surface area contributed by atoms with E-state index >= 15 is 0 Å². The van der Waals surface area contributed by atoms with Crippen LogP contribution in [0.4, 0.5) is 34.1 Å². The Balaban J connectivity index is 1.35. The van der Waals surface area contributed by atoms with Crippen molar-refractivity contribution in [3.8, 4) is 0 Å². The molecule has 0 aromatic heterocycles. The number of fused-ring (bicyclic) bond motifs is 3. The molecule has 264 valence electrons. The second kappa shape index (κ2) is 13.0. The van der Waals surface area contributed by atoms with Crippen LogP contribution in [-0.4, -0.2) is 16.1 Å². The number of benzene rings is 9. The van der Waals surface area contributed by atoms with Crippen molar-refractivity contribution < 1.29 is 0 Å². The fourth-order valence-corrected chi connectivity index (χ4v) is 10.6. The van der Waals surface area contributed by atoms with Crippen molar-refractivity contribution >= 4 is 104 Å². The Kier molecular flexibility index (Phi) is 8.22. The van der Waals surface area contributed by atoms with E-state index in [-0.39, 0.29) is 0 Å². The average Bonchev–Trinajstić information content (AvgIpc) is 3.18. The van der Waals surface area contributed by atoms with Gasteiger partial charge >= 0.3 is 0 Å². The van der Waals surface area contributed by atoms with Crippen LogP contribution in [-0.2, 0) is 0 Å². The fourth-order valence-electron chi connectivity index (χ4n) is 8.28. The lowest BCUT2D eigenvalue weighted by atomic mass is 9.87. The molecule has 9 rings (SSSR count). The van der Waals surface area contributed by atoms with Crippen LogP contribution in [0, 0.1) is 0 Å². The maximum Gasteiger partial charge on any atom is 0.0775 e. The summed E-state index contributed by atoms with van der Waals surface area (Å²) in [6.45, 7) is 14.5. The zero-order valence-electron chi connectivity index (χ0n) is 32.1. The molecule has 2 nitrogen and oxygen atoms in total. The largest absolute Gasteiger partial charge is 0.310 e. The molecule has 0 atom stereocenters. The van der Waals surface area contributed by atoms with Gasteiger partial charge in [-0.25, -0.2) is 0 Å². The predicted molar refractivity (Wildman–Crippen MR) is 243 cm³/mol. The molecule has 0 aliphatic carbocycles. The molecule has 0 unspecified atom stereocenters. The second-order valence-corrected chi connectivity index (χ2v) is 26.8. The molecule has 0 bridgehead atoms. The molecular formula is C50H46N2Si2. The van der Waals surface area contributed by atoms with Crippen LogP contribution in [0.3, 0.4) is 0 Å². The van der Waals surface area contributed by atoms with Gasteiger partial charge in [0, 0.05) is 44.3 Å². The summed E-state index contributed by atoms with van der Waals surface area (Å²) in [4.78, 5) is 4.91. The summed E-state index contributed by atoms with van der Waals surface area (Å²) in [5, 5.41) is 13.2. The van der Waals surface area contributed by atoms with E-state index in [9.17, 15) is 0 Å². The topological polar surface area (TPSA) is 6.48 Å². The van der Waals surface area contributed by atoms with Gasteiger partial charge in [0.2, 0.25) is 0 Å². The van der Waals surface area contributed by atoms with E-state index in [0.717, 1.165) is 11.4 Å². The molecule has 0 fully saturated rings. The third-order valence-electron chi connectivity index (χ3n) is 11.1. The highest BCUT2D eigenvalue weighted by atomic mass is 28.3. The molecule has 54 heavy (non-hydrogen) atoms. The standard InChI is InChI=1S/C50H46N2Si2/c1-53(2,3)40-27-23-38(24-28-40)51(36-15-9-7-10-16-36)46-34-32-44-42-19-13-14-20-43(42)50-47(33-22-35-21-31-45(46)49(44)48(35)50)52(37-17-11-8-12-18-37)39-25-29-41(30-26-39)54(4,5)6/h7-34H,1-6H3. The van der Waals surface area contributed by atoms with Crippen LogP contribution in [0.25, 0.3) is 43.1 Å². The van der Waals surface area contributed by atoms with E-state index in [0.29, 0.717) is 0 Å². The first-order valence-electron chi connectivity index (χ1n) is 19.1. The van der Waals surface area contributed by atoms with Crippen molar-refractivity contribution in [1.29, 1.82) is 0 Å². The minimum absolute atomic E-state index is 1.15. The average molecular weight is 731 g/mol. The van der Waals surface area contributed by atoms with Gasteiger partial charge in [0.25, 0.3) is 0 Å². The monoisotopic (exact) mass is 730 g/mol. The quantitative estimate of drug-likeness (QED) is 0.0872. The van der Waals surface area contributed by atoms with Gasteiger partial charge < -0.3 is 9.80 Å². The van der Waals surface area contributed by atoms with Crippen LogP contribution >= 0.6 is 0 Å². The minimum Gasteiger partial charge on any atom is -0.310 e. The Labute approximate surface area is 321 Å². The molecule has 0 saturated heterocycles. The summed E-state index contributed by atoms with van der Waals surface area (Å²) in [5.41, 5.74) is 7.00. The zero-order chi connectivity index (χ0) is 37.2. The number of hydrogen-bond acceptors (Lipinski definition) is 2. The summed E-state index contributed by atoms with van der Waals surface area (Å²) in [7, 11) is -2.93. The molecule has 0 aliphatic heterocycles. The first-order chi connectivity index (χ1) is 26.1. The van der Waals surface area contributed by atoms with Gasteiger partial charge in [-0.15, -0.1) is 0 Å². The fraction of sp³-hybridized carbons (Fsp3) is 0.120. The lowest BCUT2D eigenvalue weighted by Gasteiger charge is -2.30. The van der Waals surface area contributed by atoms with Crippen LogP contribution in [0.5, 0.6) is 0 Å². The molecule has 0 saturated carbocycles. The lowest BCUT2D eigenvalue weighted by Crippen LogP contribution is -2.37. The van der Waals surface area contributed by atoms with E-state index < -0.39 is 16.1 Å². The zero-order valence-corrected chi connectivity index (χ0v) is 34.1. The molecule has 0 spiro atoms. The van der Waals surface area contributed by atoms with Crippen molar-refractivity contribution in [2.45, 2.75) is 39.3 Å². The maximum atomic E-state index is 2.46. The summed E-state index contributed by atoms with van der Waals surface area (Å²) >= 11 is 0. The van der Waals surface area contributed by atoms with Gasteiger partial charge in [-0.05, 0) is 82.2 Å². The van der Waals surface area contributed by atoms with Crippen LogP contribution in [0.2, 0.25) is 39.3 Å². The minimum atomic E-state index is -1.47. The molecule has 0 radical (unpaired) electrons. The van der Waals surface area contributed by atoms with Crippen molar-refractivity contribution in [1.82, 2.24) is 0 Å². The highest BCUT2D eigenvalue weighted by molar-refractivity contribution is 6.89. The smallest absolute Gasteiger partial charge is 0.0775 e. The highest BCUT2D eigenvalue weighted by Crippen LogP contribution is 2.50. The van der Waals surface area contributed by atoms with E-state index in [2.05, 4.69) is 219 Å². The Morgan fingerprint density at radius 1 is 0.296 bits per heavy atom. The Morgan fingerprint density at radius 2 is 0.704 bits per heavy atom. The molecule has 9 aromatic carbocycles. The number of nitrogens with zero attached hydrogens (tertiary/aromatic N) is 2. The van der Waals surface area contributed by atoms with Crippen molar-refractivity contribution in [2.24, 2.45) is 0 Å². The Morgan fingerprint density at radius 3 is 1.24 bits per heavy atom. The van der Waals surface area contributed by atoms with Crippen molar-refractivity contribution in [3.05, 3.63) is 170 Å². The summed E-state index contributed by atoms with van der Waals surface area (Å²) in [6, 6.07) is 63.4. The van der Waals surface area contributed by atoms with Crippen LogP contribution in [0.15, 0.2) is 170 Å². The van der Waals surface area contributed by atoms with Crippen LogP contribution in [0.1, 0.15) is 0 Å². The van der Waals surface area contributed by atoms with Gasteiger partial charge in [0.15, 0.2) is 0 Å². The third kappa shape index (κ3) is 5.78. The summed E-state index contributed by atoms with van der Waals surface area (Å²) in [5.74, 6) is 0. The van der Waals surface area contributed by atoms with E-state index in [1.165, 1.54) is 76.2 Å². The Bertz CT molecular complexity index is 2760. The van der Waals surface area contributed by atoms with E-state index in [4.69, 9.17) is 0 Å². The van der Waals surface area contributed by atoms with Crippen molar-refractivity contribution in [2.75, 3.05) is 9.80 Å². The van der Waals surface area contributed by atoms with Gasteiger partial charge in [-0.1, -0.05) is 159 Å². The van der Waals surface area contributed by atoms with E-state index in [1.54, 1.807) is 0 Å². The summed E-state index contributed by atoms with van der Waals surface area (Å²) < 4.78 is 0. The molecule has 0 N–H and O–H groups in total. The first-order valence-corrected chi connectivity index (χ1v) is 26.1. The molecule has 4 heteroatoms. The van der Waals surface area contributed by atoms with Gasteiger partial charge in [-0.2, -0.15) is 0 Å². The van der Waals surface area contributed by atoms with Crippen LogP contribution < -0.4 is 20.2 Å². The number of para-hydroxylation sites is 2. The predicted octanol–water partition coefficient (Wildman–Crippen LogP) is 13.8. The van der Waals surface area contributed by atoms with Crippen molar-refractivity contribution in [3.63, 3.8) is 0 Å². The molecule has 0 heterocycles. The number of anilines is 6.